The maximum atomic E-state index is 10.7. The molecule has 1 aromatic rings. The molecule has 0 spiro atoms. The standard InChI is InChI=1S/C11H15ClN2O2S/c1-17-7-3-2-6-13-9-4-5-10(12)11(8-9)14(15)16/h4-5,8,13H,2-3,6-7H2,1H3. The molecule has 94 valence electrons. The van der Waals surface area contributed by atoms with E-state index in [1.165, 1.54) is 6.07 Å². The fourth-order valence-electron chi connectivity index (χ4n) is 1.37. The van der Waals surface area contributed by atoms with E-state index in [1.807, 2.05) is 11.8 Å². The van der Waals surface area contributed by atoms with E-state index in [1.54, 1.807) is 12.1 Å². The zero-order chi connectivity index (χ0) is 12.7. The molecule has 0 unspecified atom stereocenters. The van der Waals surface area contributed by atoms with Gasteiger partial charge < -0.3 is 5.32 Å². The van der Waals surface area contributed by atoms with Gasteiger partial charge in [-0.1, -0.05) is 11.6 Å². The van der Waals surface area contributed by atoms with Crippen molar-refractivity contribution in [1.82, 2.24) is 0 Å². The van der Waals surface area contributed by atoms with Crippen molar-refractivity contribution in [2.75, 3.05) is 23.9 Å². The lowest BCUT2D eigenvalue weighted by molar-refractivity contribution is -0.384. The molecular formula is C11H15ClN2O2S. The minimum Gasteiger partial charge on any atom is -0.385 e. The quantitative estimate of drug-likeness (QED) is 0.467. The predicted octanol–water partition coefficient (Wildman–Crippen LogP) is 3.80. The van der Waals surface area contributed by atoms with Crippen molar-refractivity contribution in [1.29, 1.82) is 0 Å². The molecule has 0 aliphatic carbocycles. The molecule has 1 N–H and O–H groups in total. The Kier molecular flexibility index (Phi) is 6.15. The molecule has 0 fully saturated rings. The average Bonchev–Trinajstić information content (AvgIpc) is 2.30. The van der Waals surface area contributed by atoms with E-state index in [9.17, 15) is 10.1 Å². The van der Waals surface area contributed by atoms with Gasteiger partial charge in [0.25, 0.3) is 5.69 Å². The van der Waals surface area contributed by atoms with E-state index in [0.29, 0.717) is 0 Å². The van der Waals surface area contributed by atoms with Gasteiger partial charge in [0.2, 0.25) is 0 Å². The molecule has 0 saturated carbocycles. The largest absolute Gasteiger partial charge is 0.385 e. The summed E-state index contributed by atoms with van der Waals surface area (Å²) in [4.78, 5) is 10.2. The van der Waals surface area contributed by atoms with Crippen molar-refractivity contribution in [3.8, 4) is 0 Å². The second-order valence-electron chi connectivity index (χ2n) is 3.55. The van der Waals surface area contributed by atoms with Crippen molar-refractivity contribution in [2.24, 2.45) is 0 Å². The first kappa shape index (κ1) is 14.1. The molecule has 17 heavy (non-hydrogen) atoms. The highest BCUT2D eigenvalue weighted by atomic mass is 35.5. The molecule has 0 radical (unpaired) electrons. The zero-order valence-electron chi connectivity index (χ0n) is 9.61. The van der Waals surface area contributed by atoms with Gasteiger partial charge in [-0.2, -0.15) is 11.8 Å². The number of thioether (sulfide) groups is 1. The normalized spacial score (nSPS) is 10.2. The van der Waals surface area contributed by atoms with Crippen LogP contribution in [-0.2, 0) is 0 Å². The first-order valence-electron chi connectivity index (χ1n) is 5.32. The van der Waals surface area contributed by atoms with Gasteiger partial charge in [-0.25, -0.2) is 0 Å². The van der Waals surface area contributed by atoms with Gasteiger partial charge >= 0.3 is 0 Å². The Bertz CT molecular complexity index is 388. The molecule has 0 aliphatic heterocycles. The van der Waals surface area contributed by atoms with Gasteiger partial charge in [-0.3, -0.25) is 10.1 Å². The Morgan fingerprint density at radius 1 is 1.47 bits per heavy atom. The fourth-order valence-corrected chi connectivity index (χ4v) is 2.05. The Hall–Kier alpha value is -0.940. The van der Waals surface area contributed by atoms with E-state index in [0.717, 1.165) is 30.8 Å². The summed E-state index contributed by atoms with van der Waals surface area (Å²) < 4.78 is 0. The van der Waals surface area contributed by atoms with Gasteiger partial charge in [-0.05, 0) is 37.0 Å². The number of nitrogens with zero attached hydrogens (tertiary/aromatic N) is 1. The van der Waals surface area contributed by atoms with Crippen LogP contribution in [0.25, 0.3) is 0 Å². The van der Waals surface area contributed by atoms with E-state index in [2.05, 4.69) is 11.6 Å². The second kappa shape index (κ2) is 7.40. The lowest BCUT2D eigenvalue weighted by Crippen LogP contribution is -2.02. The number of hydrogen-bond donors (Lipinski definition) is 1. The summed E-state index contributed by atoms with van der Waals surface area (Å²) >= 11 is 7.54. The third-order valence-corrected chi connectivity index (χ3v) is 3.26. The zero-order valence-corrected chi connectivity index (χ0v) is 11.2. The number of hydrogen-bond acceptors (Lipinski definition) is 4. The first-order valence-corrected chi connectivity index (χ1v) is 7.09. The first-order chi connectivity index (χ1) is 8.15. The summed E-state index contributed by atoms with van der Waals surface area (Å²) in [5, 5.41) is 14.0. The van der Waals surface area contributed by atoms with E-state index < -0.39 is 4.92 Å². The molecule has 0 heterocycles. The van der Waals surface area contributed by atoms with Gasteiger partial charge in [-0.15, -0.1) is 0 Å². The van der Waals surface area contributed by atoms with Crippen LogP contribution in [0.5, 0.6) is 0 Å². The van der Waals surface area contributed by atoms with Gasteiger partial charge in [0, 0.05) is 18.3 Å². The van der Waals surface area contributed by atoms with Crippen LogP contribution in [0.1, 0.15) is 12.8 Å². The van der Waals surface area contributed by atoms with Crippen LogP contribution in [-0.4, -0.2) is 23.5 Å². The highest BCUT2D eigenvalue weighted by molar-refractivity contribution is 7.98. The average molecular weight is 275 g/mol. The SMILES string of the molecule is CSCCCCNc1ccc(Cl)c([N+](=O)[O-])c1. The number of halogens is 1. The van der Waals surface area contributed by atoms with E-state index >= 15 is 0 Å². The minimum absolute atomic E-state index is 0.0548. The Labute approximate surface area is 110 Å². The van der Waals surface area contributed by atoms with Crippen molar-refractivity contribution in [2.45, 2.75) is 12.8 Å². The smallest absolute Gasteiger partial charge is 0.289 e. The molecule has 1 rings (SSSR count). The lowest BCUT2D eigenvalue weighted by Gasteiger charge is -2.06. The summed E-state index contributed by atoms with van der Waals surface area (Å²) in [5.41, 5.74) is 0.686. The van der Waals surface area contributed by atoms with Crippen molar-refractivity contribution < 1.29 is 4.92 Å². The van der Waals surface area contributed by atoms with Gasteiger partial charge in [0.05, 0.1) is 4.92 Å². The molecule has 4 nitrogen and oxygen atoms in total. The van der Waals surface area contributed by atoms with Crippen LogP contribution >= 0.6 is 23.4 Å². The summed E-state index contributed by atoms with van der Waals surface area (Å²) in [5.74, 6) is 1.14. The van der Waals surface area contributed by atoms with E-state index in [-0.39, 0.29) is 10.7 Å². The Balaban J connectivity index is 2.49. The highest BCUT2D eigenvalue weighted by Gasteiger charge is 2.12. The summed E-state index contributed by atoms with van der Waals surface area (Å²) in [6, 6.07) is 4.77. The molecular weight excluding hydrogens is 260 g/mol. The van der Waals surface area contributed by atoms with Crippen molar-refractivity contribution in [3.63, 3.8) is 0 Å². The highest BCUT2D eigenvalue weighted by Crippen LogP contribution is 2.27. The van der Waals surface area contributed by atoms with Gasteiger partial charge in [0.15, 0.2) is 0 Å². The predicted molar refractivity (Wildman–Crippen MR) is 74.2 cm³/mol. The van der Waals surface area contributed by atoms with Crippen LogP contribution in [0, 0.1) is 10.1 Å². The number of nitrogens with one attached hydrogen (secondary N) is 1. The summed E-state index contributed by atoms with van der Waals surface area (Å²) in [6.45, 7) is 0.819. The number of nitro groups is 1. The van der Waals surface area contributed by atoms with Crippen molar-refractivity contribution in [3.05, 3.63) is 33.3 Å². The Morgan fingerprint density at radius 3 is 2.88 bits per heavy atom. The van der Waals surface area contributed by atoms with Crippen LogP contribution < -0.4 is 5.32 Å². The number of rotatable bonds is 7. The third-order valence-electron chi connectivity index (χ3n) is 2.25. The monoisotopic (exact) mass is 274 g/mol. The number of benzene rings is 1. The molecule has 0 saturated heterocycles. The maximum absolute atomic E-state index is 10.7. The Morgan fingerprint density at radius 2 is 2.24 bits per heavy atom. The molecule has 0 atom stereocenters. The van der Waals surface area contributed by atoms with Crippen LogP contribution in [0.15, 0.2) is 18.2 Å². The maximum Gasteiger partial charge on any atom is 0.289 e. The minimum atomic E-state index is -0.471. The molecule has 6 heteroatoms. The molecule has 0 amide bonds. The fraction of sp³-hybridized carbons (Fsp3) is 0.455. The summed E-state index contributed by atoms with van der Waals surface area (Å²) in [6.07, 6.45) is 4.27. The topological polar surface area (TPSA) is 55.2 Å². The van der Waals surface area contributed by atoms with Gasteiger partial charge in [0.1, 0.15) is 5.02 Å². The van der Waals surface area contributed by atoms with Crippen molar-refractivity contribution >= 4 is 34.7 Å². The molecule has 0 aliphatic rings. The van der Waals surface area contributed by atoms with Crippen LogP contribution in [0.4, 0.5) is 11.4 Å². The third kappa shape index (κ3) is 4.83. The number of unbranched alkanes of at least 4 members (excludes halogenated alkanes) is 1. The molecule has 0 aromatic heterocycles. The number of anilines is 1. The summed E-state index contributed by atoms with van der Waals surface area (Å²) in [7, 11) is 0. The number of nitro benzene ring substituents is 1. The molecule has 0 bridgehead atoms. The van der Waals surface area contributed by atoms with Crippen LogP contribution in [0.2, 0.25) is 5.02 Å². The lowest BCUT2D eigenvalue weighted by atomic mass is 10.2. The second-order valence-corrected chi connectivity index (χ2v) is 4.94. The molecule has 1 aromatic carbocycles. The van der Waals surface area contributed by atoms with Crippen LogP contribution in [0.3, 0.4) is 0 Å². The van der Waals surface area contributed by atoms with E-state index in [4.69, 9.17) is 11.6 Å².